The highest BCUT2D eigenvalue weighted by atomic mass is 16.2. The molecule has 0 N–H and O–H groups in total. The highest BCUT2D eigenvalue weighted by Gasteiger charge is 2.24. The molecule has 5 nitrogen and oxygen atoms in total. The number of aromatic nitrogens is 1. The van der Waals surface area contributed by atoms with Crippen LogP contribution in [-0.4, -0.2) is 46.5 Å². The minimum absolute atomic E-state index is 0.0511. The summed E-state index contributed by atoms with van der Waals surface area (Å²) >= 11 is 0. The lowest BCUT2D eigenvalue weighted by molar-refractivity contribution is 0.0630. The molecule has 0 atom stereocenters. The Morgan fingerprint density at radius 2 is 1.63 bits per heavy atom. The lowest BCUT2D eigenvalue weighted by Crippen LogP contribution is -2.48. The summed E-state index contributed by atoms with van der Waals surface area (Å²) in [5, 5.41) is 0.831. The van der Waals surface area contributed by atoms with Gasteiger partial charge in [-0.2, -0.15) is 0 Å². The van der Waals surface area contributed by atoms with Gasteiger partial charge in [0.15, 0.2) is 0 Å². The van der Waals surface area contributed by atoms with Gasteiger partial charge in [0.2, 0.25) is 0 Å². The molecule has 5 heteroatoms. The molecule has 156 valence electrons. The molecule has 0 aliphatic carbocycles. The molecular formula is C25H29N3O2. The van der Waals surface area contributed by atoms with Gasteiger partial charge in [-0.25, -0.2) is 0 Å². The third kappa shape index (κ3) is 4.03. The van der Waals surface area contributed by atoms with Gasteiger partial charge in [-0.1, -0.05) is 56.3 Å². The summed E-state index contributed by atoms with van der Waals surface area (Å²) < 4.78 is 1.59. The second-order valence-corrected chi connectivity index (χ2v) is 8.44. The van der Waals surface area contributed by atoms with E-state index in [0.717, 1.165) is 30.5 Å². The smallest absolute Gasteiger partial charge is 0.254 e. The van der Waals surface area contributed by atoms with Crippen LogP contribution in [0, 0.1) is 0 Å². The van der Waals surface area contributed by atoms with Gasteiger partial charge < -0.3 is 9.47 Å². The average Bonchev–Trinajstić information content (AvgIpc) is 2.77. The van der Waals surface area contributed by atoms with E-state index in [-0.39, 0.29) is 11.5 Å². The number of fused-ring (bicyclic) bond motifs is 1. The van der Waals surface area contributed by atoms with Crippen molar-refractivity contribution in [2.45, 2.75) is 26.3 Å². The number of rotatable bonds is 4. The Bertz CT molecular complexity index is 1110. The maximum Gasteiger partial charge on any atom is 0.254 e. The van der Waals surface area contributed by atoms with E-state index in [9.17, 15) is 9.59 Å². The Kier molecular flexibility index (Phi) is 5.73. The molecule has 0 radical (unpaired) electrons. The number of nitrogens with zero attached hydrogens (tertiary/aromatic N) is 3. The summed E-state index contributed by atoms with van der Waals surface area (Å²) in [7, 11) is 1.74. The van der Waals surface area contributed by atoms with E-state index < -0.39 is 0 Å². The van der Waals surface area contributed by atoms with Gasteiger partial charge >= 0.3 is 0 Å². The van der Waals surface area contributed by atoms with E-state index in [1.807, 2.05) is 29.2 Å². The summed E-state index contributed by atoms with van der Waals surface area (Å²) in [6.45, 7) is 8.32. The first-order valence-corrected chi connectivity index (χ1v) is 10.6. The predicted octanol–water partition coefficient (Wildman–Crippen LogP) is 3.62. The van der Waals surface area contributed by atoms with Crippen molar-refractivity contribution in [3.05, 3.63) is 81.6 Å². The number of piperazine rings is 1. The van der Waals surface area contributed by atoms with E-state index in [1.165, 1.54) is 17.2 Å². The van der Waals surface area contributed by atoms with Crippen LogP contribution in [-0.2, 0) is 13.6 Å². The molecule has 1 aliphatic heterocycles. The van der Waals surface area contributed by atoms with Crippen LogP contribution in [0.25, 0.3) is 10.9 Å². The van der Waals surface area contributed by atoms with Crippen LogP contribution in [0.15, 0.2) is 59.4 Å². The molecule has 1 saturated heterocycles. The normalized spacial score (nSPS) is 15.1. The maximum absolute atomic E-state index is 13.2. The molecule has 0 spiro atoms. The van der Waals surface area contributed by atoms with Gasteiger partial charge in [-0.15, -0.1) is 0 Å². The van der Waals surface area contributed by atoms with Crippen LogP contribution >= 0.6 is 0 Å². The highest BCUT2D eigenvalue weighted by Crippen LogP contribution is 2.20. The zero-order valence-corrected chi connectivity index (χ0v) is 18.0. The van der Waals surface area contributed by atoms with Gasteiger partial charge in [0, 0.05) is 51.2 Å². The fourth-order valence-corrected chi connectivity index (χ4v) is 4.13. The van der Waals surface area contributed by atoms with E-state index in [4.69, 9.17) is 0 Å². The molecule has 3 aromatic rings. The fraction of sp³-hybridized carbons (Fsp3) is 0.360. The number of hydrogen-bond acceptors (Lipinski definition) is 3. The Labute approximate surface area is 177 Å². The molecule has 0 saturated carbocycles. The Morgan fingerprint density at radius 1 is 0.967 bits per heavy atom. The van der Waals surface area contributed by atoms with Gasteiger partial charge in [0.1, 0.15) is 0 Å². The molecule has 2 aromatic carbocycles. The minimum atomic E-state index is -0.152. The molecule has 0 unspecified atom stereocenters. The first-order valence-electron chi connectivity index (χ1n) is 10.6. The third-order valence-electron chi connectivity index (χ3n) is 6.10. The molecule has 4 rings (SSSR count). The van der Waals surface area contributed by atoms with Crippen molar-refractivity contribution in [1.29, 1.82) is 0 Å². The van der Waals surface area contributed by atoms with Gasteiger partial charge in [-0.05, 0) is 23.1 Å². The molecule has 1 aromatic heterocycles. The third-order valence-corrected chi connectivity index (χ3v) is 6.10. The zero-order chi connectivity index (χ0) is 21.3. The fourth-order valence-electron chi connectivity index (χ4n) is 4.13. The number of amides is 1. The first-order chi connectivity index (χ1) is 14.4. The topological polar surface area (TPSA) is 45.6 Å². The van der Waals surface area contributed by atoms with Gasteiger partial charge in [0.05, 0.1) is 11.1 Å². The summed E-state index contributed by atoms with van der Waals surface area (Å²) in [5.41, 5.74) is 3.80. The van der Waals surface area contributed by atoms with E-state index in [0.29, 0.717) is 24.6 Å². The number of hydrogen-bond donors (Lipinski definition) is 0. The second kappa shape index (κ2) is 8.44. The number of aryl methyl sites for hydroxylation is 1. The van der Waals surface area contributed by atoms with Crippen molar-refractivity contribution in [1.82, 2.24) is 14.4 Å². The highest BCUT2D eigenvalue weighted by molar-refractivity contribution is 6.06. The molecule has 1 fully saturated rings. The SMILES string of the molecule is CC(C)c1ccc(CN2CCN(C(=O)c3cc(=O)n(C)c4ccccc34)CC2)cc1. The number of para-hydroxylation sites is 1. The van der Waals surface area contributed by atoms with Crippen LogP contribution < -0.4 is 5.56 Å². The van der Waals surface area contributed by atoms with Crippen molar-refractivity contribution in [3.63, 3.8) is 0 Å². The first kappa shape index (κ1) is 20.4. The van der Waals surface area contributed by atoms with Crippen molar-refractivity contribution in [2.24, 2.45) is 7.05 Å². The number of benzene rings is 2. The van der Waals surface area contributed by atoms with Crippen LogP contribution in [0.2, 0.25) is 0 Å². The molecule has 0 bridgehead atoms. The van der Waals surface area contributed by atoms with Crippen LogP contribution in [0.5, 0.6) is 0 Å². The second-order valence-electron chi connectivity index (χ2n) is 8.44. The monoisotopic (exact) mass is 403 g/mol. The lowest BCUT2D eigenvalue weighted by Gasteiger charge is -2.35. The summed E-state index contributed by atoms with van der Waals surface area (Å²) in [6, 6.07) is 17.9. The van der Waals surface area contributed by atoms with Crippen LogP contribution in [0.1, 0.15) is 41.3 Å². The lowest BCUT2D eigenvalue weighted by atomic mass is 10.0. The predicted molar refractivity (Wildman–Crippen MR) is 121 cm³/mol. The standard InChI is InChI=1S/C25H29N3O2/c1-18(2)20-10-8-19(9-11-20)17-27-12-14-28(15-13-27)25(30)22-16-24(29)26(3)23-7-5-4-6-21(22)23/h4-11,16,18H,12-15,17H2,1-3H3. The van der Waals surface area contributed by atoms with Crippen LogP contribution in [0.4, 0.5) is 0 Å². The maximum atomic E-state index is 13.2. The zero-order valence-electron chi connectivity index (χ0n) is 18.0. The molecular weight excluding hydrogens is 374 g/mol. The van der Waals surface area contributed by atoms with E-state index in [2.05, 4.69) is 43.0 Å². The Morgan fingerprint density at radius 3 is 2.30 bits per heavy atom. The average molecular weight is 404 g/mol. The van der Waals surface area contributed by atoms with Crippen molar-refractivity contribution < 1.29 is 4.79 Å². The number of pyridine rings is 1. The molecule has 1 amide bonds. The molecule has 2 heterocycles. The van der Waals surface area contributed by atoms with Gasteiger partial charge in [-0.3, -0.25) is 14.5 Å². The summed E-state index contributed by atoms with van der Waals surface area (Å²) in [5.74, 6) is 0.490. The van der Waals surface area contributed by atoms with E-state index >= 15 is 0 Å². The van der Waals surface area contributed by atoms with Gasteiger partial charge in [0.25, 0.3) is 11.5 Å². The molecule has 30 heavy (non-hydrogen) atoms. The largest absolute Gasteiger partial charge is 0.336 e. The minimum Gasteiger partial charge on any atom is -0.336 e. The molecule has 1 aliphatic rings. The van der Waals surface area contributed by atoms with Crippen molar-refractivity contribution in [3.8, 4) is 0 Å². The van der Waals surface area contributed by atoms with E-state index in [1.54, 1.807) is 11.6 Å². The quantitative estimate of drug-likeness (QED) is 0.668. The Hall–Kier alpha value is -2.92. The summed E-state index contributed by atoms with van der Waals surface area (Å²) in [4.78, 5) is 29.8. The van der Waals surface area contributed by atoms with Crippen molar-refractivity contribution >= 4 is 16.8 Å². The number of carbonyl (C=O) groups excluding carboxylic acids is 1. The Balaban J connectivity index is 1.44. The number of carbonyl (C=O) groups is 1. The van der Waals surface area contributed by atoms with Crippen LogP contribution in [0.3, 0.4) is 0 Å². The summed E-state index contributed by atoms with van der Waals surface area (Å²) in [6.07, 6.45) is 0. The van der Waals surface area contributed by atoms with Crippen molar-refractivity contribution in [2.75, 3.05) is 26.2 Å².